The van der Waals surface area contributed by atoms with Gasteiger partial charge >= 0.3 is 0 Å². The third-order valence-electron chi connectivity index (χ3n) is 3.71. The van der Waals surface area contributed by atoms with Crippen molar-refractivity contribution in [1.82, 2.24) is 10.2 Å². The number of hydrogen-bond acceptors (Lipinski definition) is 4. The first-order valence-corrected chi connectivity index (χ1v) is 8.29. The van der Waals surface area contributed by atoms with Crippen molar-refractivity contribution in [2.45, 2.75) is 17.7 Å². The Morgan fingerprint density at radius 2 is 2.14 bits per heavy atom. The summed E-state index contributed by atoms with van der Waals surface area (Å²) in [7, 11) is 0. The maximum absolute atomic E-state index is 12.6. The lowest BCUT2D eigenvalue weighted by molar-refractivity contribution is -0.115. The van der Waals surface area contributed by atoms with Gasteiger partial charge in [0.25, 0.3) is 5.91 Å². The largest absolute Gasteiger partial charge is 0.337 e. The van der Waals surface area contributed by atoms with Crippen LogP contribution in [0.2, 0.25) is 0 Å². The van der Waals surface area contributed by atoms with Crippen molar-refractivity contribution in [3.8, 4) is 0 Å². The maximum Gasteiger partial charge on any atom is 0.253 e. The Bertz CT molecular complexity index is 554. The monoisotopic (exact) mass is 305 g/mol. The fraction of sp³-hybridized carbons (Fsp3) is 0.467. The molecule has 2 heterocycles. The highest BCUT2D eigenvalue weighted by Crippen LogP contribution is 2.31. The van der Waals surface area contributed by atoms with Crippen molar-refractivity contribution >= 4 is 29.3 Å². The van der Waals surface area contributed by atoms with Crippen LogP contribution in [-0.2, 0) is 4.79 Å². The highest BCUT2D eigenvalue weighted by atomic mass is 32.2. The summed E-state index contributed by atoms with van der Waals surface area (Å²) in [6.07, 6.45) is 1.49. The van der Waals surface area contributed by atoms with Crippen molar-refractivity contribution in [2.24, 2.45) is 0 Å². The molecule has 0 aliphatic carbocycles. The lowest BCUT2D eigenvalue weighted by Crippen LogP contribution is -2.34. The molecule has 3 rings (SSSR count). The molecule has 5 nitrogen and oxygen atoms in total. The Balaban J connectivity index is 1.82. The molecule has 1 aromatic rings. The summed E-state index contributed by atoms with van der Waals surface area (Å²) in [6, 6.07) is 5.62. The highest BCUT2D eigenvalue weighted by Gasteiger charge is 2.20. The third-order valence-corrected chi connectivity index (χ3v) is 4.79. The molecule has 112 valence electrons. The predicted octanol–water partition coefficient (Wildman–Crippen LogP) is 1.56. The second-order valence-electron chi connectivity index (χ2n) is 5.25. The van der Waals surface area contributed by atoms with Gasteiger partial charge in [-0.05, 0) is 31.2 Å². The maximum atomic E-state index is 12.6. The van der Waals surface area contributed by atoms with E-state index in [1.165, 1.54) is 0 Å². The van der Waals surface area contributed by atoms with Crippen molar-refractivity contribution in [2.75, 3.05) is 37.2 Å². The molecule has 0 atom stereocenters. The van der Waals surface area contributed by atoms with Crippen LogP contribution in [-0.4, -0.2) is 48.6 Å². The zero-order valence-corrected chi connectivity index (χ0v) is 12.7. The number of rotatable bonds is 1. The zero-order chi connectivity index (χ0) is 14.7. The van der Waals surface area contributed by atoms with Crippen molar-refractivity contribution in [3.63, 3.8) is 0 Å². The van der Waals surface area contributed by atoms with Crippen LogP contribution < -0.4 is 10.6 Å². The molecule has 0 radical (unpaired) electrons. The lowest BCUT2D eigenvalue weighted by atomic mass is 10.1. The number of anilines is 1. The van der Waals surface area contributed by atoms with Crippen molar-refractivity contribution in [3.05, 3.63) is 23.8 Å². The summed E-state index contributed by atoms with van der Waals surface area (Å²) >= 11 is 1.65. The third kappa shape index (κ3) is 3.39. The van der Waals surface area contributed by atoms with E-state index in [2.05, 4.69) is 10.6 Å². The van der Waals surface area contributed by atoms with Crippen LogP contribution in [0.4, 0.5) is 5.69 Å². The van der Waals surface area contributed by atoms with E-state index in [4.69, 9.17) is 0 Å². The molecule has 2 N–H and O–H groups in total. The van der Waals surface area contributed by atoms with Crippen molar-refractivity contribution < 1.29 is 9.59 Å². The van der Waals surface area contributed by atoms with Gasteiger partial charge < -0.3 is 15.5 Å². The molecular weight excluding hydrogens is 286 g/mol. The SMILES string of the molecule is O=C1CCSc2ccc(C(=O)N3CCCNCC3)cc2N1. The molecule has 0 aromatic heterocycles. The Hall–Kier alpha value is -1.53. The fourth-order valence-electron chi connectivity index (χ4n) is 2.58. The van der Waals surface area contributed by atoms with Crippen LogP contribution in [0.25, 0.3) is 0 Å². The molecule has 21 heavy (non-hydrogen) atoms. The average Bonchev–Trinajstić information content (AvgIpc) is 2.85. The summed E-state index contributed by atoms with van der Waals surface area (Å²) in [4.78, 5) is 27.1. The van der Waals surface area contributed by atoms with E-state index in [0.717, 1.165) is 48.9 Å². The number of carbonyl (C=O) groups is 2. The molecule has 1 aromatic carbocycles. The molecule has 0 saturated carbocycles. The number of amides is 2. The van der Waals surface area contributed by atoms with Gasteiger partial charge in [-0.2, -0.15) is 0 Å². The molecule has 0 spiro atoms. The first-order chi connectivity index (χ1) is 10.2. The predicted molar refractivity (Wildman–Crippen MR) is 83.8 cm³/mol. The number of fused-ring (bicyclic) bond motifs is 1. The van der Waals surface area contributed by atoms with Crippen LogP contribution in [0.3, 0.4) is 0 Å². The van der Waals surface area contributed by atoms with E-state index in [9.17, 15) is 9.59 Å². The molecule has 6 heteroatoms. The number of thioether (sulfide) groups is 1. The van der Waals surface area contributed by atoms with Gasteiger partial charge in [-0.25, -0.2) is 0 Å². The normalized spacial score (nSPS) is 19.2. The minimum Gasteiger partial charge on any atom is -0.337 e. The Kier molecular flexibility index (Phi) is 4.45. The summed E-state index contributed by atoms with van der Waals surface area (Å²) in [6.45, 7) is 3.31. The Morgan fingerprint density at radius 3 is 3.05 bits per heavy atom. The molecule has 0 bridgehead atoms. The van der Waals surface area contributed by atoms with Crippen LogP contribution in [0.1, 0.15) is 23.2 Å². The van der Waals surface area contributed by atoms with Crippen LogP contribution in [0.5, 0.6) is 0 Å². The van der Waals surface area contributed by atoms with Gasteiger partial charge in [-0.3, -0.25) is 9.59 Å². The standard InChI is InChI=1S/C15H19N3O2S/c19-14-4-9-21-13-3-2-11(10-12(13)17-14)15(20)18-7-1-5-16-6-8-18/h2-3,10,16H,1,4-9H2,(H,17,19). The molecule has 1 saturated heterocycles. The number of nitrogens with one attached hydrogen (secondary N) is 2. The van der Waals surface area contributed by atoms with E-state index < -0.39 is 0 Å². The van der Waals surface area contributed by atoms with Crippen LogP contribution in [0, 0.1) is 0 Å². The van der Waals surface area contributed by atoms with Crippen LogP contribution in [0.15, 0.2) is 23.1 Å². The van der Waals surface area contributed by atoms with Gasteiger partial charge in [0.15, 0.2) is 0 Å². The summed E-state index contributed by atoms with van der Waals surface area (Å²) in [5, 5.41) is 6.18. The first kappa shape index (κ1) is 14.4. The zero-order valence-electron chi connectivity index (χ0n) is 11.9. The fourth-order valence-corrected chi connectivity index (χ4v) is 3.52. The average molecular weight is 305 g/mol. The Morgan fingerprint density at radius 1 is 1.24 bits per heavy atom. The summed E-state index contributed by atoms with van der Waals surface area (Å²) in [5.74, 6) is 0.846. The molecule has 2 aliphatic heterocycles. The number of carbonyl (C=O) groups excluding carboxylic acids is 2. The van der Waals surface area contributed by atoms with E-state index in [-0.39, 0.29) is 11.8 Å². The van der Waals surface area contributed by atoms with E-state index in [1.54, 1.807) is 11.8 Å². The minimum atomic E-state index is 0.0184. The van der Waals surface area contributed by atoms with E-state index in [1.807, 2.05) is 23.1 Å². The lowest BCUT2D eigenvalue weighted by Gasteiger charge is -2.20. The van der Waals surface area contributed by atoms with Gasteiger partial charge in [-0.1, -0.05) is 0 Å². The summed E-state index contributed by atoms with van der Waals surface area (Å²) in [5.41, 5.74) is 1.42. The second kappa shape index (κ2) is 6.49. The van der Waals surface area contributed by atoms with Gasteiger partial charge in [0.2, 0.25) is 5.91 Å². The second-order valence-corrected chi connectivity index (χ2v) is 6.39. The molecule has 2 amide bonds. The minimum absolute atomic E-state index is 0.0184. The van der Waals surface area contributed by atoms with E-state index >= 15 is 0 Å². The van der Waals surface area contributed by atoms with Gasteiger partial charge in [-0.15, -0.1) is 11.8 Å². The quantitative estimate of drug-likeness (QED) is 0.826. The molecule has 2 aliphatic rings. The van der Waals surface area contributed by atoms with Gasteiger partial charge in [0.1, 0.15) is 0 Å². The van der Waals surface area contributed by atoms with Gasteiger partial charge in [0, 0.05) is 42.3 Å². The molecular formula is C15H19N3O2S. The topological polar surface area (TPSA) is 61.4 Å². The highest BCUT2D eigenvalue weighted by molar-refractivity contribution is 7.99. The Labute approximate surface area is 128 Å². The summed E-state index contributed by atoms with van der Waals surface area (Å²) < 4.78 is 0. The molecule has 0 unspecified atom stereocenters. The molecule has 1 fully saturated rings. The van der Waals surface area contributed by atoms with Gasteiger partial charge in [0.05, 0.1) is 5.69 Å². The smallest absolute Gasteiger partial charge is 0.253 e. The van der Waals surface area contributed by atoms with Crippen molar-refractivity contribution in [1.29, 1.82) is 0 Å². The van der Waals surface area contributed by atoms with Crippen LogP contribution >= 0.6 is 11.8 Å². The number of hydrogen-bond donors (Lipinski definition) is 2. The first-order valence-electron chi connectivity index (χ1n) is 7.31. The number of benzene rings is 1. The van der Waals surface area contributed by atoms with E-state index in [0.29, 0.717) is 12.0 Å². The number of nitrogens with zero attached hydrogens (tertiary/aromatic N) is 1.